The zero-order valence-electron chi connectivity index (χ0n) is 14.2. The van der Waals surface area contributed by atoms with Gasteiger partial charge in [-0.3, -0.25) is 14.8 Å². The molecule has 3 aromatic carbocycles. The number of carbonyl (C=O) groups excluding carboxylic acids is 2. The van der Waals surface area contributed by atoms with E-state index in [1.165, 1.54) is 0 Å². The molecule has 0 fully saturated rings. The molecule has 3 rings (SSSR count). The highest BCUT2D eigenvalue weighted by atomic mass is 35.5. The summed E-state index contributed by atoms with van der Waals surface area (Å²) < 4.78 is 0. The second-order valence-electron chi connectivity index (χ2n) is 5.88. The molecule has 3 aromatic rings. The van der Waals surface area contributed by atoms with Gasteiger partial charge < -0.3 is 5.32 Å². The highest BCUT2D eigenvalue weighted by molar-refractivity contribution is 6.34. The van der Waals surface area contributed by atoms with Crippen LogP contribution in [0.4, 0.5) is 5.69 Å². The van der Waals surface area contributed by atoms with Crippen molar-refractivity contribution in [2.75, 3.05) is 5.32 Å². The predicted molar refractivity (Wildman–Crippen MR) is 104 cm³/mol. The summed E-state index contributed by atoms with van der Waals surface area (Å²) in [6.45, 7) is 0. The fourth-order valence-electron chi connectivity index (χ4n) is 2.85. The molecule has 27 heavy (non-hydrogen) atoms. The highest BCUT2D eigenvalue weighted by Crippen LogP contribution is 2.27. The minimum atomic E-state index is -0.714. The van der Waals surface area contributed by atoms with Gasteiger partial charge in [-0.25, -0.2) is 5.48 Å². The first-order valence-corrected chi connectivity index (χ1v) is 8.62. The van der Waals surface area contributed by atoms with E-state index < -0.39 is 11.8 Å². The fraction of sp³-hybridized carbons (Fsp3) is 0.0476. The molecular weight excluding hydrogens is 364 g/mol. The van der Waals surface area contributed by atoms with Crippen LogP contribution in [0.15, 0.2) is 78.9 Å². The maximum absolute atomic E-state index is 12.5. The Labute approximate surface area is 161 Å². The number of rotatable bonds is 5. The zero-order valence-corrected chi connectivity index (χ0v) is 15.0. The number of hydrogen-bond acceptors (Lipinski definition) is 3. The standard InChI is InChI=1S/C21H17ClN2O3/c22-18-12-5-4-11-17(18)20(25)23-16-10-6-9-15(13-16)19(21(26)24-27)14-7-2-1-3-8-14/h1-13,19,27H,(H,23,25)(H,24,26). The molecule has 0 bridgehead atoms. The summed E-state index contributed by atoms with van der Waals surface area (Å²) in [6.07, 6.45) is 0. The first-order valence-electron chi connectivity index (χ1n) is 8.25. The molecule has 0 spiro atoms. The largest absolute Gasteiger partial charge is 0.322 e. The minimum Gasteiger partial charge on any atom is -0.322 e. The molecule has 0 aliphatic rings. The third kappa shape index (κ3) is 4.34. The molecule has 2 amide bonds. The summed E-state index contributed by atoms with van der Waals surface area (Å²) in [5.74, 6) is -1.62. The molecule has 0 aromatic heterocycles. The minimum absolute atomic E-state index is 0.347. The summed E-state index contributed by atoms with van der Waals surface area (Å²) in [7, 11) is 0. The van der Waals surface area contributed by atoms with Crippen molar-refractivity contribution in [3.05, 3.63) is 101 Å². The van der Waals surface area contributed by atoms with E-state index in [2.05, 4.69) is 5.32 Å². The van der Waals surface area contributed by atoms with Crippen molar-refractivity contribution in [3.8, 4) is 0 Å². The molecule has 3 N–H and O–H groups in total. The van der Waals surface area contributed by atoms with E-state index >= 15 is 0 Å². The van der Waals surface area contributed by atoms with Crippen molar-refractivity contribution >= 4 is 29.1 Å². The number of carbonyl (C=O) groups is 2. The maximum atomic E-state index is 12.5. The molecule has 0 saturated carbocycles. The summed E-state index contributed by atoms with van der Waals surface area (Å²) in [4.78, 5) is 24.7. The van der Waals surface area contributed by atoms with Gasteiger partial charge in [0.25, 0.3) is 11.8 Å². The SMILES string of the molecule is O=C(Nc1cccc(C(C(=O)NO)c2ccccc2)c1)c1ccccc1Cl. The summed E-state index contributed by atoms with van der Waals surface area (Å²) in [6, 6.07) is 22.7. The number of hydroxylamine groups is 1. The van der Waals surface area contributed by atoms with Crippen molar-refractivity contribution < 1.29 is 14.8 Å². The normalized spacial score (nSPS) is 11.5. The van der Waals surface area contributed by atoms with Crippen molar-refractivity contribution in [1.29, 1.82) is 0 Å². The van der Waals surface area contributed by atoms with Crippen LogP contribution >= 0.6 is 11.6 Å². The summed E-state index contributed by atoms with van der Waals surface area (Å²) in [5, 5.41) is 12.3. The monoisotopic (exact) mass is 380 g/mol. The van der Waals surface area contributed by atoms with Gasteiger partial charge in [-0.15, -0.1) is 0 Å². The Bertz CT molecular complexity index is 960. The van der Waals surface area contributed by atoms with Crippen molar-refractivity contribution in [3.63, 3.8) is 0 Å². The van der Waals surface area contributed by atoms with E-state index in [9.17, 15) is 9.59 Å². The maximum Gasteiger partial charge on any atom is 0.257 e. The van der Waals surface area contributed by atoms with Gasteiger partial charge in [0.05, 0.1) is 16.5 Å². The van der Waals surface area contributed by atoms with E-state index in [0.717, 1.165) is 5.56 Å². The van der Waals surface area contributed by atoms with E-state index in [1.807, 2.05) is 18.2 Å². The number of hydrogen-bond donors (Lipinski definition) is 3. The number of halogens is 1. The molecule has 0 radical (unpaired) electrons. The molecule has 5 nitrogen and oxygen atoms in total. The number of nitrogens with one attached hydrogen (secondary N) is 2. The van der Waals surface area contributed by atoms with Gasteiger partial charge in [-0.2, -0.15) is 0 Å². The Morgan fingerprint density at radius 3 is 2.22 bits per heavy atom. The van der Waals surface area contributed by atoms with E-state index in [0.29, 0.717) is 21.8 Å². The summed E-state index contributed by atoms with van der Waals surface area (Å²) >= 11 is 6.07. The van der Waals surface area contributed by atoms with Gasteiger partial charge in [-0.1, -0.05) is 66.2 Å². The molecule has 136 valence electrons. The molecular formula is C21H17ClN2O3. The lowest BCUT2D eigenvalue weighted by atomic mass is 9.90. The molecule has 6 heteroatoms. The number of benzene rings is 3. The van der Waals surface area contributed by atoms with Crippen LogP contribution in [0.5, 0.6) is 0 Å². The topological polar surface area (TPSA) is 78.4 Å². The lowest BCUT2D eigenvalue weighted by molar-refractivity contribution is -0.129. The molecule has 0 heterocycles. The Kier molecular flexibility index (Phi) is 5.86. The van der Waals surface area contributed by atoms with Crippen LogP contribution in [-0.2, 0) is 4.79 Å². The second-order valence-corrected chi connectivity index (χ2v) is 6.29. The highest BCUT2D eigenvalue weighted by Gasteiger charge is 2.22. The molecule has 1 unspecified atom stereocenters. The van der Waals surface area contributed by atoms with Crippen LogP contribution in [-0.4, -0.2) is 17.0 Å². The molecule has 0 aliphatic heterocycles. The zero-order chi connectivity index (χ0) is 19.2. The van der Waals surface area contributed by atoms with Crippen LogP contribution in [0.25, 0.3) is 0 Å². The Morgan fingerprint density at radius 2 is 1.52 bits per heavy atom. The summed E-state index contributed by atoms with van der Waals surface area (Å²) in [5.41, 5.74) is 3.94. The predicted octanol–water partition coefficient (Wildman–Crippen LogP) is 4.23. The van der Waals surface area contributed by atoms with Crippen LogP contribution in [0, 0.1) is 0 Å². The molecule has 0 saturated heterocycles. The van der Waals surface area contributed by atoms with Crippen molar-refractivity contribution in [1.82, 2.24) is 5.48 Å². The smallest absolute Gasteiger partial charge is 0.257 e. The van der Waals surface area contributed by atoms with Crippen molar-refractivity contribution in [2.45, 2.75) is 5.92 Å². The van der Waals surface area contributed by atoms with Gasteiger partial charge in [0.15, 0.2) is 0 Å². The van der Waals surface area contributed by atoms with E-state index in [-0.39, 0.29) is 5.91 Å². The van der Waals surface area contributed by atoms with Gasteiger partial charge in [0.1, 0.15) is 0 Å². The van der Waals surface area contributed by atoms with Gasteiger partial charge in [0, 0.05) is 5.69 Å². The van der Waals surface area contributed by atoms with E-state index in [4.69, 9.17) is 16.8 Å². The van der Waals surface area contributed by atoms with Crippen LogP contribution in [0.3, 0.4) is 0 Å². The van der Waals surface area contributed by atoms with Gasteiger partial charge in [-0.05, 0) is 35.4 Å². The molecule has 1 atom stereocenters. The Morgan fingerprint density at radius 1 is 0.852 bits per heavy atom. The van der Waals surface area contributed by atoms with Gasteiger partial charge >= 0.3 is 0 Å². The van der Waals surface area contributed by atoms with E-state index in [1.54, 1.807) is 66.1 Å². The third-order valence-corrected chi connectivity index (χ3v) is 4.43. The quantitative estimate of drug-likeness (QED) is 0.458. The first kappa shape index (κ1) is 18.6. The average molecular weight is 381 g/mol. The number of amides is 2. The Balaban J connectivity index is 1.91. The third-order valence-electron chi connectivity index (χ3n) is 4.10. The fourth-order valence-corrected chi connectivity index (χ4v) is 3.07. The lowest BCUT2D eigenvalue weighted by Gasteiger charge is -2.17. The number of anilines is 1. The van der Waals surface area contributed by atoms with Gasteiger partial charge in [0.2, 0.25) is 0 Å². The van der Waals surface area contributed by atoms with Crippen molar-refractivity contribution in [2.24, 2.45) is 0 Å². The second kappa shape index (κ2) is 8.49. The Hall–Kier alpha value is -3.15. The average Bonchev–Trinajstić information content (AvgIpc) is 2.69. The van der Waals surface area contributed by atoms with Crippen LogP contribution in [0.2, 0.25) is 5.02 Å². The van der Waals surface area contributed by atoms with Crippen LogP contribution < -0.4 is 10.8 Å². The molecule has 0 aliphatic carbocycles. The first-order chi connectivity index (χ1) is 13.1. The lowest BCUT2D eigenvalue weighted by Crippen LogP contribution is -2.27. The van der Waals surface area contributed by atoms with Crippen LogP contribution in [0.1, 0.15) is 27.4 Å².